The largest absolute Gasteiger partial charge is 0.496 e. The lowest BCUT2D eigenvalue weighted by Crippen LogP contribution is -2.26. The number of fused-ring (bicyclic) bond motifs is 3. The molecule has 0 fully saturated rings. The van der Waals surface area contributed by atoms with Crippen LogP contribution in [0.3, 0.4) is 0 Å². The molecule has 1 aliphatic rings. The van der Waals surface area contributed by atoms with Gasteiger partial charge in [0, 0.05) is 18.0 Å². The minimum Gasteiger partial charge on any atom is -0.496 e. The summed E-state index contributed by atoms with van der Waals surface area (Å²) >= 11 is 0. The quantitative estimate of drug-likeness (QED) is 0.555. The summed E-state index contributed by atoms with van der Waals surface area (Å²) in [5.41, 5.74) is 5.45. The van der Waals surface area contributed by atoms with Crippen LogP contribution in [0, 0.1) is 0 Å². The van der Waals surface area contributed by atoms with Crippen molar-refractivity contribution in [1.82, 2.24) is 5.32 Å². The molecule has 2 N–H and O–H groups in total. The van der Waals surface area contributed by atoms with E-state index in [0.29, 0.717) is 11.3 Å². The number of ether oxygens (including phenoxy) is 2. The van der Waals surface area contributed by atoms with Crippen molar-refractivity contribution >= 4 is 18.1 Å². The number of aromatic carboxylic acids is 1. The van der Waals surface area contributed by atoms with Crippen LogP contribution in [0.25, 0.3) is 17.2 Å². The number of methoxy groups -OCH3 is 1. The normalized spacial score (nSPS) is 12.3. The summed E-state index contributed by atoms with van der Waals surface area (Å²) in [6.45, 7) is 0.481. The Kier molecular flexibility index (Phi) is 6.22. The first kappa shape index (κ1) is 21.2. The van der Waals surface area contributed by atoms with Gasteiger partial charge in [0.15, 0.2) is 0 Å². The molecule has 3 aromatic carbocycles. The van der Waals surface area contributed by atoms with E-state index in [9.17, 15) is 9.59 Å². The monoisotopic (exact) mass is 429 g/mol. The van der Waals surface area contributed by atoms with Gasteiger partial charge in [-0.25, -0.2) is 9.59 Å². The van der Waals surface area contributed by atoms with E-state index in [2.05, 4.69) is 29.6 Å². The molecule has 0 saturated carbocycles. The van der Waals surface area contributed by atoms with Gasteiger partial charge in [-0.1, -0.05) is 60.7 Å². The van der Waals surface area contributed by atoms with E-state index >= 15 is 0 Å². The van der Waals surface area contributed by atoms with Crippen LogP contribution in [0.15, 0.2) is 72.8 Å². The van der Waals surface area contributed by atoms with E-state index in [1.165, 1.54) is 30.4 Å². The third-order valence-electron chi connectivity index (χ3n) is 5.48. The lowest BCUT2D eigenvalue weighted by atomic mass is 9.98. The summed E-state index contributed by atoms with van der Waals surface area (Å²) in [7, 11) is 1.52. The lowest BCUT2D eigenvalue weighted by molar-refractivity contribution is 0.0696. The molecule has 1 amide bonds. The number of carbonyl (C=O) groups excluding carboxylic acids is 1. The Hall–Kier alpha value is -4.06. The van der Waals surface area contributed by atoms with E-state index in [0.717, 1.165) is 11.1 Å². The van der Waals surface area contributed by atoms with Crippen LogP contribution in [-0.4, -0.2) is 37.4 Å². The summed E-state index contributed by atoms with van der Waals surface area (Å²) in [5, 5.41) is 11.8. The number of carbonyl (C=O) groups is 2. The molecule has 6 nitrogen and oxygen atoms in total. The minimum absolute atomic E-state index is 0.00621. The van der Waals surface area contributed by atoms with Crippen LogP contribution in [0.2, 0.25) is 0 Å². The number of carboxylic acids is 1. The number of hydrogen-bond acceptors (Lipinski definition) is 4. The van der Waals surface area contributed by atoms with Crippen molar-refractivity contribution in [2.75, 3.05) is 20.3 Å². The van der Waals surface area contributed by atoms with E-state index in [-0.39, 0.29) is 24.6 Å². The number of amides is 1. The first-order valence-electron chi connectivity index (χ1n) is 10.2. The smallest absolute Gasteiger partial charge is 0.407 e. The van der Waals surface area contributed by atoms with Crippen LogP contribution in [0.1, 0.15) is 33.0 Å². The van der Waals surface area contributed by atoms with Gasteiger partial charge >= 0.3 is 12.1 Å². The SMILES string of the molecule is COc1ccc(C(=O)O)cc1C=CCNC(=O)OCC1c2ccccc2-c2ccccc21. The first-order valence-corrected chi connectivity index (χ1v) is 10.2. The molecule has 32 heavy (non-hydrogen) atoms. The highest BCUT2D eigenvalue weighted by Gasteiger charge is 2.28. The van der Waals surface area contributed by atoms with Crippen molar-refractivity contribution in [3.63, 3.8) is 0 Å². The minimum atomic E-state index is -1.01. The fourth-order valence-electron chi connectivity index (χ4n) is 3.98. The summed E-state index contributed by atoms with van der Waals surface area (Å²) in [6.07, 6.45) is 2.91. The average molecular weight is 429 g/mol. The zero-order valence-electron chi connectivity index (χ0n) is 17.6. The number of benzene rings is 3. The van der Waals surface area contributed by atoms with Gasteiger partial charge in [-0.3, -0.25) is 0 Å². The van der Waals surface area contributed by atoms with Gasteiger partial charge in [0.25, 0.3) is 0 Å². The number of rotatable bonds is 7. The van der Waals surface area contributed by atoms with Crippen molar-refractivity contribution in [1.29, 1.82) is 0 Å². The summed E-state index contributed by atoms with van der Waals surface area (Å²) < 4.78 is 10.8. The highest BCUT2D eigenvalue weighted by molar-refractivity contribution is 5.89. The van der Waals surface area contributed by atoms with Crippen LogP contribution < -0.4 is 10.1 Å². The van der Waals surface area contributed by atoms with Gasteiger partial charge < -0.3 is 19.9 Å². The first-order chi connectivity index (χ1) is 15.6. The molecule has 0 spiro atoms. The summed E-state index contributed by atoms with van der Waals surface area (Å²) in [5.74, 6) is -0.460. The lowest BCUT2D eigenvalue weighted by Gasteiger charge is -2.14. The van der Waals surface area contributed by atoms with Gasteiger partial charge in [-0.05, 0) is 40.5 Å². The second-order valence-electron chi connectivity index (χ2n) is 7.37. The Morgan fingerprint density at radius 3 is 2.28 bits per heavy atom. The van der Waals surface area contributed by atoms with E-state index in [4.69, 9.17) is 14.6 Å². The Labute approximate surface area is 186 Å². The zero-order valence-corrected chi connectivity index (χ0v) is 17.6. The van der Waals surface area contributed by atoms with E-state index in [1.54, 1.807) is 18.2 Å². The summed E-state index contributed by atoms with van der Waals surface area (Å²) in [4.78, 5) is 23.4. The standard InChI is InChI=1S/C26H23NO5/c1-31-24-13-12-18(25(28)29)15-17(24)7-6-14-27-26(30)32-16-23-21-10-4-2-8-19(21)20-9-3-5-11-22(20)23/h2-13,15,23H,14,16H2,1H3,(H,27,30)(H,28,29). The van der Waals surface area contributed by atoms with Gasteiger partial charge in [-0.15, -0.1) is 0 Å². The van der Waals surface area contributed by atoms with E-state index in [1.807, 2.05) is 24.3 Å². The molecule has 0 saturated heterocycles. The number of hydrogen-bond donors (Lipinski definition) is 2. The third-order valence-corrected chi connectivity index (χ3v) is 5.48. The molecule has 6 heteroatoms. The van der Waals surface area contributed by atoms with Crippen molar-refractivity contribution in [2.45, 2.75) is 5.92 Å². The summed E-state index contributed by atoms with van der Waals surface area (Å²) in [6, 6.07) is 20.9. The van der Waals surface area contributed by atoms with Crippen LogP contribution in [0.5, 0.6) is 5.75 Å². The van der Waals surface area contributed by atoms with Crippen molar-refractivity contribution < 1.29 is 24.2 Å². The molecule has 4 rings (SSSR count). The molecule has 0 unspecified atom stereocenters. The van der Waals surface area contributed by atoms with Crippen molar-refractivity contribution in [3.05, 3.63) is 95.1 Å². The molecule has 0 aromatic heterocycles. The van der Waals surface area contributed by atoms with Crippen LogP contribution >= 0.6 is 0 Å². The second kappa shape index (κ2) is 9.39. The maximum absolute atomic E-state index is 12.2. The maximum atomic E-state index is 12.2. The van der Waals surface area contributed by atoms with Gasteiger partial charge in [0.1, 0.15) is 12.4 Å². The Morgan fingerprint density at radius 2 is 1.66 bits per heavy atom. The molecule has 0 bridgehead atoms. The average Bonchev–Trinajstić information content (AvgIpc) is 3.14. The Bertz CT molecular complexity index is 1140. The molecular weight excluding hydrogens is 406 g/mol. The van der Waals surface area contributed by atoms with Crippen molar-refractivity contribution in [2.24, 2.45) is 0 Å². The predicted molar refractivity (Wildman–Crippen MR) is 122 cm³/mol. The molecule has 0 radical (unpaired) electrons. The fourth-order valence-corrected chi connectivity index (χ4v) is 3.98. The Morgan fingerprint density at radius 1 is 1.00 bits per heavy atom. The fraction of sp³-hybridized carbons (Fsp3) is 0.154. The zero-order chi connectivity index (χ0) is 22.5. The predicted octanol–water partition coefficient (Wildman–Crippen LogP) is 4.95. The van der Waals surface area contributed by atoms with Crippen LogP contribution in [0.4, 0.5) is 4.79 Å². The highest BCUT2D eigenvalue weighted by atomic mass is 16.5. The second-order valence-corrected chi connectivity index (χ2v) is 7.37. The molecule has 0 atom stereocenters. The maximum Gasteiger partial charge on any atom is 0.407 e. The number of nitrogens with one attached hydrogen (secondary N) is 1. The molecule has 0 aliphatic heterocycles. The van der Waals surface area contributed by atoms with Gasteiger partial charge in [-0.2, -0.15) is 0 Å². The van der Waals surface area contributed by atoms with Gasteiger partial charge in [0.2, 0.25) is 0 Å². The molecule has 162 valence electrons. The van der Waals surface area contributed by atoms with Crippen molar-refractivity contribution in [3.8, 4) is 16.9 Å². The third kappa shape index (κ3) is 4.34. The molecule has 1 aliphatic carbocycles. The Balaban J connectivity index is 1.35. The van der Waals surface area contributed by atoms with Gasteiger partial charge in [0.05, 0.1) is 12.7 Å². The molecule has 0 heterocycles. The topological polar surface area (TPSA) is 84.9 Å². The molecular formula is C26H23NO5. The number of alkyl carbamates (subject to hydrolysis) is 1. The van der Waals surface area contributed by atoms with Crippen LogP contribution in [-0.2, 0) is 4.74 Å². The number of carboxylic acid groups (broad SMARTS) is 1. The van der Waals surface area contributed by atoms with E-state index < -0.39 is 12.1 Å². The molecule has 3 aromatic rings. The highest BCUT2D eigenvalue weighted by Crippen LogP contribution is 2.44.